The minimum absolute atomic E-state index is 0.0412. The number of hydrogen-bond acceptors (Lipinski definition) is 3. The SMILES string of the molecule is N[C@@H](CCSC(F)(F)F)C(=O)Nc1ccccc1Br. The van der Waals surface area contributed by atoms with E-state index in [1.165, 1.54) is 0 Å². The zero-order valence-electron chi connectivity index (χ0n) is 9.71. The van der Waals surface area contributed by atoms with E-state index in [0.717, 1.165) is 0 Å². The van der Waals surface area contributed by atoms with E-state index in [9.17, 15) is 18.0 Å². The molecule has 3 N–H and O–H groups in total. The summed E-state index contributed by atoms with van der Waals surface area (Å²) in [5.74, 6) is -0.747. The number of amides is 1. The Morgan fingerprint density at radius 1 is 1.42 bits per heavy atom. The van der Waals surface area contributed by atoms with E-state index in [1.807, 2.05) is 0 Å². The summed E-state index contributed by atoms with van der Waals surface area (Å²) in [6.07, 6.45) is -0.0412. The minimum Gasteiger partial charge on any atom is -0.324 e. The Kier molecular flexibility index (Phi) is 6.15. The Hall–Kier alpha value is -0.730. The first-order valence-corrected chi connectivity index (χ1v) is 7.09. The van der Waals surface area contributed by atoms with Crippen molar-refractivity contribution in [2.24, 2.45) is 5.73 Å². The lowest BCUT2D eigenvalue weighted by Crippen LogP contribution is -2.36. The lowest BCUT2D eigenvalue weighted by atomic mass is 10.2. The molecule has 8 heteroatoms. The number of rotatable bonds is 5. The summed E-state index contributed by atoms with van der Waals surface area (Å²) in [5.41, 5.74) is 1.78. The van der Waals surface area contributed by atoms with Gasteiger partial charge >= 0.3 is 5.51 Å². The first kappa shape index (κ1) is 16.3. The minimum atomic E-state index is -4.29. The van der Waals surface area contributed by atoms with Crippen LogP contribution in [0.3, 0.4) is 0 Å². The molecule has 0 bridgehead atoms. The van der Waals surface area contributed by atoms with E-state index in [2.05, 4.69) is 21.2 Å². The summed E-state index contributed by atoms with van der Waals surface area (Å²) in [5, 5.41) is 2.56. The highest BCUT2D eigenvalue weighted by Gasteiger charge is 2.28. The number of benzene rings is 1. The van der Waals surface area contributed by atoms with Crippen LogP contribution in [0.15, 0.2) is 28.7 Å². The van der Waals surface area contributed by atoms with Crippen LogP contribution in [0.25, 0.3) is 0 Å². The Labute approximate surface area is 121 Å². The number of hydrogen-bond donors (Lipinski definition) is 2. The fourth-order valence-electron chi connectivity index (χ4n) is 1.22. The largest absolute Gasteiger partial charge is 0.441 e. The van der Waals surface area contributed by atoms with Crippen molar-refractivity contribution >= 4 is 39.3 Å². The normalized spacial score (nSPS) is 13.1. The average molecular weight is 357 g/mol. The van der Waals surface area contributed by atoms with Gasteiger partial charge in [-0.3, -0.25) is 4.79 Å². The predicted molar refractivity (Wildman–Crippen MR) is 73.9 cm³/mol. The van der Waals surface area contributed by atoms with Crippen LogP contribution in [-0.4, -0.2) is 23.2 Å². The van der Waals surface area contributed by atoms with Gasteiger partial charge in [0.1, 0.15) is 0 Å². The molecule has 0 saturated carbocycles. The summed E-state index contributed by atoms with van der Waals surface area (Å²) >= 11 is 3.06. The van der Waals surface area contributed by atoms with Crippen molar-refractivity contribution in [2.45, 2.75) is 18.0 Å². The fraction of sp³-hybridized carbons (Fsp3) is 0.364. The van der Waals surface area contributed by atoms with E-state index in [0.29, 0.717) is 10.2 Å². The second kappa shape index (κ2) is 7.16. The summed E-state index contributed by atoms with van der Waals surface area (Å²) in [6.45, 7) is 0. The lowest BCUT2D eigenvalue weighted by molar-refractivity contribution is -0.117. The first-order chi connectivity index (χ1) is 8.79. The van der Waals surface area contributed by atoms with Crippen LogP contribution in [0.4, 0.5) is 18.9 Å². The summed E-state index contributed by atoms with van der Waals surface area (Å²) < 4.78 is 36.4. The number of halogens is 4. The summed E-state index contributed by atoms with van der Waals surface area (Å²) in [6, 6.07) is 5.94. The number of para-hydroxylation sites is 1. The third kappa shape index (κ3) is 6.31. The third-order valence-electron chi connectivity index (χ3n) is 2.16. The van der Waals surface area contributed by atoms with E-state index in [4.69, 9.17) is 5.73 Å². The number of alkyl halides is 3. The molecule has 3 nitrogen and oxygen atoms in total. The highest BCUT2D eigenvalue weighted by atomic mass is 79.9. The standard InChI is InChI=1S/C11H12BrF3N2OS/c12-7-3-1-2-4-9(7)17-10(18)8(16)5-6-19-11(13,14)15/h1-4,8H,5-6,16H2,(H,17,18)/t8-/m0/s1. The first-order valence-electron chi connectivity index (χ1n) is 5.31. The number of nitrogens with one attached hydrogen (secondary N) is 1. The van der Waals surface area contributed by atoms with Crippen molar-refractivity contribution in [3.05, 3.63) is 28.7 Å². The Balaban J connectivity index is 2.43. The Morgan fingerprint density at radius 3 is 2.63 bits per heavy atom. The van der Waals surface area contributed by atoms with Crippen molar-refractivity contribution in [3.8, 4) is 0 Å². The van der Waals surface area contributed by atoms with Crippen molar-refractivity contribution in [1.82, 2.24) is 0 Å². The third-order valence-corrected chi connectivity index (χ3v) is 3.62. The van der Waals surface area contributed by atoms with Crippen LogP contribution in [-0.2, 0) is 4.79 Å². The monoisotopic (exact) mass is 356 g/mol. The predicted octanol–water partition coefficient (Wildman–Crippen LogP) is 3.36. The molecular weight excluding hydrogens is 345 g/mol. The second-order valence-corrected chi connectivity index (χ2v) is 5.67. The maximum absolute atomic E-state index is 11.9. The van der Waals surface area contributed by atoms with Crippen molar-refractivity contribution in [2.75, 3.05) is 11.1 Å². The van der Waals surface area contributed by atoms with Crippen LogP contribution >= 0.6 is 27.7 Å². The highest BCUT2D eigenvalue weighted by molar-refractivity contribution is 9.10. The van der Waals surface area contributed by atoms with E-state index < -0.39 is 17.5 Å². The molecule has 0 aromatic heterocycles. The maximum Gasteiger partial charge on any atom is 0.441 e. The van der Waals surface area contributed by atoms with Crippen LogP contribution in [0.2, 0.25) is 0 Å². The van der Waals surface area contributed by atoms with Gasteiger partial charge in [-0.15, -0.1) is 0 Å². The van der Waals surface area contributed by atoms with Gasteiger partial charge in [-0.25, -0.2) is 0 Å². The molecule has 1 amide bonds. The van der Waals surface area contributed by atoms with Crippen LogP contribution in [0.5, 0.6) is 0 Å². The molecule has 1 rings (SSSR count). The number of carbonyl (C=O) groups excluding carboxylic acids is 1. The molecule has 0 spiro atoms. The van der Waals surface area contributed by atoms with Gasteiger partial charge in [-0.2, -0.15) is 13.2 Å². The number of carbonyl (C=O) groups is 1. The van der Waals surface area contributed by atoms with E-state index >= 15 is 0 Å². The van der Waals surface area contributed by atoms with Gasteiger partial charge in [0.15, 0.2) is 0 Å². The molecule has 0 unspecified atom stereocenters. The van der Waals surface area contributed by atoms with Gasteiger partial charge in [0.25, 0.3) is 0 Å². The molecule has 0 aliphatic rings. The number of anilines is 1. The van der Waals surface area contributed by atoms with Crippen LogP contribution in [0.1, 0.15) is 6.42 Å². The van der Waals surface area contributed by atoms with E-state index in [-0.39, 0.29) is 23.9 Å². The van der Waals surface area contributed by atoms with Crippen molar-refractivity contribution in [1.29, 1.82) is 0 Å². The topological polar surface area (TPSA) is 55.1 Å². The molecular formula is C11H12BrF3N2OS. The quantitative estimate of drug-likeness (QED) is 0.850. The highest BCUT2D eigenvalue weighted by Crippen LogP contribution is 2.30. The van der Waals surface area contributed by atoms with E-state index in [1.54, 1.807) is 24.3 Å². The van der Waals surface area contributed by atoms with Gasteiger partial charge in [-0.05, 0) is 34.5 Å². The molecule has 0 fully saturated rings. The van der Waals surface area contributed by atoms with Gasteiger partial charge in [0.05, 0.1) is 11.7 Å². The molecule has 19 heavy (non-hydrogen) atoms. The molecule has 0 saturated heterocycles. The molecule has 0 aliphatic heterocycles. The molecule has 0 aliphatic carbocycles. The van der Waals surface area contributed by atoms with Gasteiger partial charge in [-0.1, -0.05) is 23.9 Å². The van der Waals surface area contributed by atoms with Crippen LogP contribution in [0, 0.1) is 0 Å². The van der Waals surface area contributed by atoms with Gasteiger partial charge in [0.2, 0.25) is 5.91 Å². The van der Waals surface area contributed by atoms with Crippen molar-refractivity contribution in [3.63, 3.8) is 0 Å². The molecule has 106 valence electrons. The maximum atomic E-state index is 11.9. The molecule has 1 atom stereocenters. The summed E-state index contributed by atoms with van der Waals surface area (Å²) in [4.78, 5) is 11.7. The average Bonchev–Trinajstić information content (AvgIpc) is 2.30. The number of nitrogens with two attached hydrogens (primary N) is 1. The number of thioether (sulfide) groups is 1. The smallest absolute Gasteiger partial charge is 0.324 e. The van der Waals surface area contributed by atoms with Gasteiger partial charge in [0, 0.05) is 10.2 Å². The molecule has 0 heterocycles. The second-order valence-electron chi connectivity index (χ2n) is 3.66. The molecule has 1 aromatic rings. The zero-order chi connectivity index (χ0) is 14.5. The lowest BCUT2D eigenvalue weighted by Gasteiger charge is -2.13. The Bertz CT molecular complexity index is 442. The Morgan fingerprint density at radius 2 is 2.05 bits per heavy atom. The molecule has 1 aromatic carbocycles. The van der Waals surface area contributed by atoms with Crippen molar-refractivity contribution < 1.29 is 18.0 Å². The zero-order valence-corrected chi connectivity index (χ0v) is 12.1. The molecule has 0 radical (unpaired) electrons. The van der Waals surface area contributed by atoms with Gasteiger partial charge < -0.3 is 11.1 Å². The summed E-state index contributed by atoms with van der Waals surface area (Å²) in [7, 11) is 0. The van der Waals surface area contributed by atoms with Crippen LogP contribution < -0.4 is 11.1 Å². The fourth-order valence-corrected chi connectivity index (χ4v) is 2.21.